The van der Waals surface area contributed by atoms with Crippen molar-refractivity contribution < 1.29 is 9.53 Å². The molecule has 0 atom stereocenters. The molecule has 1 aliphatic heterocycles. The first kappa shape index (κ1) is 12.5. The summed E-state index contributed by atoms with van der Waals surface area (Å²) >= 11 is 0. The van der Waals surface area contributed by atoms with Gasteiger partial charge in [-0.1, -0.05) is 0 Å². The van der Waals surface area contributed by atoms with Gasteiger partial charge in [0.1, 0.15) is 11.6 Å². The molecule has 18 heavy (non-hydrogen) atoms. The number of allylic oxidation sites excluding steroid dienone is 1. The maximum atomic E-state index is 12.1. The topological polar surface area (TPSA) is 41.6 Å². The number of carbonyl (C=O) groups excluding carboxylic acids is 1. The predicted molar refractivity (Wildman–Crippen MR) is 70.7 cm³/mol. The Balaban J connectivity index is 2.12. The van der Waals surface area contributed by atoms with Gasteiger partial charge in [0.2, 0.25) is 0 Å². The molecule has 1 heterocycles. The van der Waals surface area contributed by atoms with Gasteiger partial charge in [-0.05, 0) is 30.7 Å². The third kappa shape index (κ3) is 2.83. The Morgan fingerprint density at radius 3 is 2.72 bits per heavy atom. The SMILES string of the molecule is COc1ccc(C(=O)/C=C2/NCCCN2C)cc1. The number of nitrogens with one attached hydrogen (secondary N) is 1. The highest BCUT2D eigenvalue weighted by molar-refractivity contribution is 6.04. The highest BCUT2D eigenvalue weighted by Crippen LogP contribution is 2.13. The van der Waals surface area contributed by atoms with Gasteiger partial charge in [-0.15, -0.1) is 0 Å². The van der Waals surface area contributed by atoms with E-state index in [0.717, 1.165) is 31.1 Å². The molecule has 0 amide bonds. The van der Waals surface area contributed by atoms with Crippen LogP contribution in [0.2, 0.25) is 0 Å². The molecule has 1 N–H and O–H groups in total. The van der Waals surface area contributed by atoms with Crippen LogP contribution in [0, 0.1) is 0 Å². The smallest absolute Gasteiger partial charge is 0.189 e. The summed E-state index contributed by atoms with van der Waals surface area (Å²) in [5.74, 6) is 1.66. The molecule has 1 fully saturated rings. The second kappa shape index (κ2) is 5.58. The largest absolute Gasteiger partial charge is 0.497 e. The summed E-state index contributed by atoms with van der Waals surface area (Å²) in [7, 11) is 3.60. The average molecular weight is 246 g/mol. The van der Waals surface area contributed by atoms with Crippen LogP contribution < -0.4 is 10.1 Å². The van der Waals surface area contributed by atoms with Gasteiger partial charge in [-0.3, -0.25) is 4.79 Å². The number of methoxy groups -OCH3 is 1. The lowest BCUT2D eigenvalue weighted by atomic mass is 10.1. The van der Waals surface area contributed by atoms with E-state index < -0.39 is 0 Å². The number of nitrogens with zero attached hydrogens (tertiary/aromatic N) is 1. The van der Waals surface area contributed by atoms with E-state index in [1.807, 2.05) is 7.05 Å². The second-order valence-electron chi connectivity index (χ2n) is 4.32. The Kier molecular flexibility index (Phi) is 3.87. The summed E-state index contributed by atoms with van der Waals surface area (Å²) in [4.78, 5) is 14.1. The molecule has 0 unspecified atom stereocenters. The van der Waals surface area contributed by atoms with Crippen LogP contribution in [0.4, 0.5) is 0 Å². The molecule has 0 spiro atoms. The maximum absolute atomic E-state index is 12.1. The van der Waals surface area contributed by atoms with Crippen LogP contribution in [0.15, 0.2) is 36.2 Å². The predicted octanol–water partition coefficient (Wildman–Crippen LogP) is 1.64. The van der Waals surface area contributed by atoms with Crippen LogP contribution in [-0.2, 0) is 0 Å². The van der Waals surface area contributed by atoms with Gasteiger partial charge in [-0.25, -0.2) is 0 Å². The summed E-state index contributed by atoms with van der Waals surface area (Å²) in [6, 6.07) is 7.15. The van der Waals surface area contributed by atoms with E-state index in [1.54, 1.807) is 37.5 Å². The minimum absolute atomic E-state index is 0.00824. The van der Waals surface area contributed by atoms with E-state index in [9.17, 15) is 4.79 Å². The second-order valence-corrected chi connectivity index (χ2v) is 4.32. The van der Waals surface area contributed by atoms with E-state index in [1.165, 1.54) is 0 Å². The lowest BCUT2D eigenvalue weighted by Crippen LogP contribution is -2.37. The molecule has 0 aliphatic carbocycles. The van der Waals surface area contributed by atoms with Crippen molar-refractivity contribution in [3.05, 3.63) is 41.7 Å². The van der Waals surface area contributed by atoms with Gasteiger partial charge in [-0.2, -0.15) is 0 Å². The van der Waals surface area contributed by atoms with E-state index in [0.29, 0.717) is 5.56 Å². The molecule has 0 bridgehead atoms. The van der Waals surface area contributed by atoms with Crippen LogP contribution in [0.1, 0.15) is 16.8 Å². The minimum atomic E-state index is 0.00824. The monoisotopic (exact) mass is 246 g/mol. The fourth-order valence-electron chi connectivity index (χ4n) is 1.91. The summed E-state index contributed by atoms with van der Waals surface area (Å²) in [5, 5.41) is 3.23. The van der Waals surface area contributed by atoms with Crippen molar-refractivity contribution >= 4 is 5.78 Å². The van der Waals surface area contributed by atoms with E-state index >= 15 is 0 Å². The van der Waals surface area contributed by atoms with Crippen molar-refractivity contribution in [2.24, 2.45) is 0 Å². The van der Waals surface area contributed by atoms with Crippen LogP contribution in [0.3, 0.4) is 0 Å². The molecule has 0 aromatic heterocycles. The molecule has 1 aliphatic rings. The highest BCUT2D eigenvalue weighted by Gasteiger charge is 2.12. The summed E-state index contributed by atoms with van der Waals surface area (Å²) < 4.78 is 5.07. The van der Waals surface area contributed by atoms with Gasteiger partial charge in [0, 0.05) is 31.8 Å². The summed E-state index contributed by atoms with van der Waals surface area (Å²) in [6.07, 6.45) is 2.76. The molecule has 1 aromatic rings. The number of ether oxygens (including phenoxy) is 1. The Morgan fingerprint density at radius 2 is 2.11 bits per heavy atom. The Labute approximate surface area is 107 Å². The van der Waals surface area contributed by atoms with Crippen molar-refractivity contribution in [2.45, 2.75) is 6.42 Å². The van der Waals surface area contributed by atoms with E-state index in [4.69, 9.17) is 4.74 Å². The Morgan fingerprint density at radius 1 is 1.39 bits per heavy atom. The minimum Gasteiger partial charge on any atom is -0.497 e. The quantitative estimate of drug-likeness (QED) is 0.650. The standard InChI is InChI=1S/C14H18N2O2/c1-16-9-3-8-15-14(16)10-13(17)11-4-6-12(18-2)7-5-11/h4-7,10,15H,3,8-9H2,1-2H3/b14-10-. The summed E-state index contributed by atoms with van der Waals surface area (Å²) in [6.45, 7) is 1.90. The van der Waals surface area contributed by atoms with E-state index in [2.05, 4.69) is 10.2 Å². The first-order valence-electron chi connectivity index (χ1n) is 6.06. The zero-order chi connectivity index (χ0) is 13.0. The van der Waals surface area contributed by atoms with Crippen LogP contribution in [0.5, 0.6) is 5.75 Å². The molecule has 4 heteroatoms. The number of hydrogen-bond acceptors (Lipinski definition) is 4. The Bertz CT molecular complexity index is 451. The highest BCUT2D eigenvalue weighted by atomic mass is 16.5. The third-order valence-electron chi connectivity index (χ3n) is 3.03. The van der Waals surface area contributed by atoms with Crippen LogP contribution in [-0.4, -0.2) is 37.9 Å². The van der Waals surface area contributed by atoms with Crippen LogP contribution in [0.25, 0.3) is 0 Å². The van der Waals surface area contributed by atoms with E-state index in [-0.39, 0.29) is 5.78 Å². The molecule has 2 rings (SSSR count). The van der Waals surface area contributed by atoms with Crippen molar-refractivity contribution in [3.8, 4) is 5.75 Å². The number of rotatable bonds is 3. The molecule has 96 valence electrons. The van der Waals surface area contributed by atoms with Gasteiger partial charge >= 0.3 is 0 Å². The molecule has 0 radical (unpaired) electrons. The number of ketones is 1. The molecule has 1 saturated heterocycles. The lowest BCUT2D eigenvalue weighted by molar-refractivity contribution is 0.104. The van der Waals surface area contributed by atoms with Crippen LogP contribution >= 0.6 is 0 Å². The number of hydrogen-bond donors (Lipinski definition) is 1. The fraction of sp³-hybridized carbons (Fsp3) is 0.357. The first-order valence-corrected chi connectivity index (χ1v) is 6.06. The third-order valence-corrected chi connectivity index (χ3v) is 3.03. The lowest BCUT2D eigenvalue weighted by Gasteiger charge is -2.28. The molecule has 1 aromatic carbocycles. The zero-order valence-electron chi connectivity index (χ0n) is 10.8. The van der Waals surface area contributed by atoms with Gasteiger partial charge < -0.3 is 15.0 Å². The Hall–Kier alpha value is -1.97. The molecular formula is C14H18N2O2. The van der Waals surface area contributed by atoms with Gasteiger partial charge in [0.25, 0.3) is 0 Å². The van der Waals surface area contributed by atoms with Crippen molar-refractivity contribution in [1.29, 1.82) is 0 Å². The van der Waals surface area contributed by atoms with Crippen molar-refractivity contribution in [2.75, 3.05) is 27.2 Å². The fourth-order valence-corrected chi connectivity index (χ4v) is 1.91. The van der Waals surface area contributed by atoms with Gasteiger partial charge in [0.05, 0.1) is 7.11 Å². The molecular weight excluding hydrogens is 228 g/mol. The maximum Gasteiger partial charge on any atom is 0.189 e. The number of carbonyl (C=O) groups is 1. The van der Waals surface area contributed by atoms with Crippen molar-refractivity contribution in [1.82, 2.24) is 10.2 Å². The summed E-state index contributed by atoms with van der Waals surface area (Å²) in [5.41, 5.74) is 0.670. The molecule has 0 saturated carbocycles. The first-order chi connectivity index (χ1) is 8.70. The normalized spacial score (nSPS) is 17.4. The molecule has 4 nitrogen and oxygen atoms in total. The average Bonchev–Trinajstić information content (AvgIpc) is 2.41. The van der Waals surface area contributed by atoms with Crippen molar-refractivity contribution in [3.63, 3.8) is 0 Å². The number of benzene rings is 1. The van der Waals surface area contributed by atoms with Gasteiger partial charge in [0.15, 0.2) is 5.78 Å². The zero-order valence-corrected chi connectivity index (χ0v) is 10.8.